The molecule has 146 valence electrons. The molecule has 0 saturated carbocycles. The molecule has 3 rings (SSSR count). The van der Waals surface area contributed by atoms with E-state index in [2.05, 4.69) is 10.6 Å². The summed E-state index contributed by atoms with van der Waals surface area (Å²) < 4.78 is 0. The van der Waals surface area contributed by atoms with Gasteiger partial charge in [-0.2, -0.15) is 0 Å². The maximum Gasteiger partial charge on any atom is 0.288 e. The van der Waals surface area contributed by atoms with Gasteiger partial charge in [0.15, 0.2) is 0 Å². The third-order valence-electron chi connectivity index (χ3n) is 3.87. The van der Waals surface area contributed by atoms with Gasteiger partial charge < -0.3 is 10.6 Å². The standard InChI is InChI=1S/C20H13Cl2N3O4/c21-14-4-2-6-16(11-14)24-19(26)12-3-1-5-15(9-12)23-20(27)13-7-8-17(22)18(10-13)25(28)29/h1-11H,(H,23,27)(H,24,26). The van der Waals surface area contributed by atoms with Gasteiger partial charge in [0, 0.05) is 33.6 Å². The predicted molar refractivity (Wildman–Crippen MR) is 112 cm³/mol. The average molecular weight is 430 g/mol. The molecule has 3 aromatic rings. The van der Waals surface area contributed by atoms with Crippen LogP contribution < -0.4 is 10.6 Å². The van der Waals surface area contributed by atoms with E-state index in [1.54, 1.807) is 42.5 Å². The molecule has 0 aliphatic heterocycles. The molecule has 0 atom stereocenters. The van der Waals surface area contributed by atoms with Crippen LogP contribution in [0.3, 0.4) is 0 Å². The zero-order valence-electron chi connectivity index (χ0n) is 14.7. The number of nitrogens with zero attached hydrogens (tertiary/aromatic N) is 1. The summed E-state index contributed by atoms with van der Waals surface area (Å²) in [5.41, 5.74) is 0.894. The van der Waals surface area contributed by atoms with Gasteiger partial charge in [-0.3, -0.25) is 19.7 Å². The summed E-state index contributed by atoms with van der Waals surface area (Å²) in [7, 11) is 0. The predicted octanol–water partition coefficient (Wildman–Crippen LogP) is 5.41. The normalized spacial score (nSPS) is 10.3. The second-order valence-electron chi connectivity index (χ2n) is 5.92. The van der Waals surface area contributed by atoms with Crippen LogP contribution in [0, 0.1) is 10.1 Å². The SMILES string of the molecule is O=C(Nc1cccc(Cl)c1)c1cccc(NC(=O)c2ccc(Cl)c([N+](=O)[O-])c2)c1. The van der Waals surface area contributed by atoms with Crippen molar-refractivity contribution in [1.82, 2.24) is 0 Å². The zero-order valence-corrected chi connectivity index (χ0v) is 16.2. The van der Waals surface area contributed by atoms with E-state index in [0.29, 0.717) is 22.0 Å². The number of nitro benzene ring substituents is 1. The molecule has 0 unspecified atom stereocenters. The highest BCUT2D eigenvalue weighted by atomic mass is 35.5. The fourth-order valence-electron chi connectivity index (χ4n) is 2.50. The lowest BCUT2D eigenvalue weighted by Gasteiger charge is -2.09. The second-order valence-corrected chi connectivity index (χ2v) is 6.77. The summed E-state index contributed by atoms with van der Waals surface area (Å²) >= 11 is 11.7. The van der Waals surface area contributed by atoms with E-state index in [4.69, 9.17) is 23.2 Å². The summed E-state index contributed by atoms with van der Waals surface area (Å²) in [5.74, 6) is -0.956. The smallest absolute Gasteiger partial charge is 0.288 e. The van der Waals surface area contributed by atoms with Gasteiger partial charge in [-0.05, 0) is 48.5 Å². The van der Waals surface area contributed by atoms with Crippen LogP contribution >= 0.6 is 23.2 Å². The summed E-state index contributed by atoms with van der Waals surface area (Å²) in [5, 5.41) is 16.7. The lowest BCUT2D eigenvalue weighted by Crippen LogP contribution is -2.15. The molecule has 7 nitrogen and oxygen atoms in total. The number of carbonyl (C=O) groups excluding carboxylic acids is 2. The molecule has 0 saturated heterocycles. The molecule has 2 N–H and O–H groups in total. The highest BCUT2D eigenvalue weighted by Gasteiger charge is 2.17. The minimum absolute atomic E-state index is 0.0637. The van der Waals surface area contributed by atoms with Gasteiger partial charge in [-0.1, -0.05) is 35.3 Å². The Morgan fingerprint density at radius 1 is 0.793 bits per heavy atom. The Hall–Kier alpha value is -3.42. The number of nitrogens with one attached hydrogen (secondary N) is 2. The van der Waals surface area contributed by atoms with Crippen LogP contribution in [0.2, 0.25) is 10.0 Å². The molecule has 0 bridgehead atoms. The molecule has 29 heavy (non-hydrogen) atoms. The molecule has 9 heteroatoms. The summed E-state index contributed by atoms with van der Waals surface area (Å²) in [6, 6.07) is 16.7. The summed E-state index contributed by atoms with van der Waals surface area (Å²) in [6.07, 6.45) is 0. The fraction of sp³-hybridized carbons (Fsp3) is 0. The first-order valence-electron chi connectivity index (χ1n) is 8.26. The van der Waals surface area contributed by atoms with Crippen LogP contribution in [0.1, 0.15) is 20.7 Å². The number of rotatable bonds is 5. The number of halogens is 2. The quantitative estimate of drug-likeness (QED) is 0.418. The maximum absolute atomic E-state index is 12.4. The van der Waals surface area contributed by atoms with Gasteiger partial charge in [0.25, 0.3) is 17.5 Å². The monoisotopic (exact) mass is 429 g/mol. The van der Waals surface area contributed by atoms with Crippen LogP contribution in [0.5, 0.6) is 0 Å². The molecule has 0 radical (unpaired) electrons. The molecule has 0 spiro atoms. The van der Waals surface area contributed by atoms with E-state index in [1.807, 2.05) is 0 Å². The summed E-state index contributed by atoms with van der Waals surface area (Å²) in [4.78, 5) is 35.2. The molecule has 0 aliphatic carbocycles. The van der Waals surface area contributed by atoms with Crippen molar-refractivity contribution >= 4 is 52.1 Å². The van der Waals surface area contributed by atoms with Crippen molar-refractivity contribution in [1.29, 1.82) is 0 Å². The Labute approximate surface area is 175 Å². The average Bonchev–Trinajstić information content (AvgIpc) is 2.68. The van der Waals surface area contributed by atoms with Crippen LogP contribution in [-0.4, -0.2) is 16.7 Å². The van der Waals surface area contributed by atoms with Gasteiger partial charge in [-0.25, -0.2) is 0 Å². The first-order valence-corrected chi connectivity index (χ1v) is 9.01. The Morgan fingerprint density at radius 3 is 2.00 bits per heavy atom. The Morgan fingerprint density at radius 2 is 1.38 bits per heavy atom. The number of hydrogen-bond acceptors (Lipinski definition) is 4. The second kappa shape index (κ2) is 8.72. The number of amides is 2. The highest BCUT2D eigenvalue weighted by Crippen LogP contribution is 2.25. The fourth-order valence-corrected chi connectivity index (χ4v) is 2.88. The Bertz CT molecular complexity index is 1120. The van der Waals surface area contributed by atoms with E-state index in [9.17, 15) is 19.7 Å². The van der Waals surface area contributed by atoms with Crippen molar-refractivity contribution < 1.29 is 14.5 Å². The van der Waals surface area contributed by atoms with Crippen LogP contribution in [0.25, 0.3) is 0 Å². The largest absolute Gasteiger partial charge is 0.322 e. The molecule has 0 fully saturated rings. The lowest BCUT2D eigenvalue weighted by molar-refractivity contribution is -0.384. The molecular formula is C20H13Cl2N3O4. The van der Waals surface area contributed by atoms with Crippen LogP contribution in [0.15, 0.2) is 66.7 Å². The first kappa shape index (κ1) is 20.3. The zero-order chi connectivity index (χ0) is 21.0. The van der Waals surface area contributed by atoms with E-state index >= 15 is 0 Å². The van der Waals surface area contributed by atoms with Crippen molar-refractivity contribution in [2.75, 3.05) is 10.6 Å². The molecule has 0 aromatic heterocycles. The number of anilines is 2. The molecule has 2 amide bonds. The number of benzene rings is 3. The van der Waals surface area contributed by atoms with Crippen molar-refractivity contribution in [2.24, 2.45) is 0 Å². The van der Waals surface area contributed by atoms with Crippen molar-refractivity contribution in [3.05, 3.63) is 98.0 Å². The number of carbonyl (C=O) groups is 2. The van der Waals surface area contributed by atoms with E-state index < -0.39 is 10.8 Å². The highest BCUT2D eigenvalue weighted by molar-refractivity contribution is 6.32. The van der Waals surface area contributed by atoms with Gasteiger partial charge in [0.05, 0.1) is 4.92 Å². The minimum Gasteiger partial charge on any atom is -0.322 e. The molecular weight excluding hydrogens is 417 g/mol. The van der Waals surface area contributed by atoms with E-state index in [0.717, 1.165) is 6.07 Å². The van der Waals surface area contributed by atoms with Crippen molar-refractivity contribution in [3.63, 3.8) is 0 Å². The number of hydrogen-bond donors (Lipinski definition) is 2. The van der Waals surface area contributed by atoms with Crippen molar-refractivity contribution in [2.45, 2.75) is 0 Å². The Kier molecular flexibility index (Phi) is 6.11. The molecule has 0 aliphatic rings. The van der Waals surface area contributed by atoms with Gasteiger partial charge in [-0.15, -0.1) is 0 Å². The topological polar surface area (TPSA) is 101 Å². The van der Waals surface area contributed by atoms with Crippen molar-refractivity contribution in [3.8, 4) is 0 Å². The maximum atomic E-state index is 12.4. The third kappa shape index (κ3) is 5.10. The van der Waals surface area contributed by atoms with Crippen LogP contribution in [0.4, 0.5) is 17.1 Å². The summed E-state index contributed by atoms with van der Waals surface area (Å²) in [6.45, 7) is 0. The first-order chi connectivity index (χ1) is 13.8. The lowest BCUT2D eigenvalue weighted by atomic mass is 10.1. The minimum atomic E-state index is -0.667. The van der Waals surface area contributed by atoms with Gasteiger partial charge in [0.1, 0.15) is 5.02 Å². The van der Waals surface area contributed by atoms with Gasteiger partial charge in [0.2, 0.25) is 0 Å². The van der Waals surface area contributed by atoms with E-state index in [-0.39, 0.29) is 22.2 Å². The van der Waals surface area contributed by atoms with Gasteiger partial charge >= 0.3 is 0 Å². The molecule has 0 heterocycles. The van der Waals surface area contributed by atoms with Crippen LogP contribution in [-0.2, 0) is 0 Å². The van der Waals surface area contributed by atoms with E-state index in [1.165, 1.54) is 18.2 Å². The Balaban J connectivity index is 1.76. The molecule has 3 aromatic carbocycles. The third-order valence-corrected chi connectivity index (χ3v) is 4.42. The number of nitro groups is 1.